The average molecular weight is 282 g/mol. The van der Waals surface area contributed by atoms with Gasteiger partial charge in [0.25, 0.3) is 5.91 Å². The summed E-state index contributed by atoms with van der Waals surface area (Å²) in [6.07, 6.45) is 5.69. The van der Waals surface area contributed by atoms with E-state index in [-0.39, 0.29) is 22.7 Å². The molecule has 0 aliphatic heterocycles. The molecule has 1 amide bonds. The highest BCUT2D eigenvalue weighted by Crippen LogP contribution is 2.23. The Labute approximate surface area is 116 Å². The summed E-state index contributed by atoms with van der Waals surface area (Å²) in [6, 6.07) is 0.173. The normalized spacial score (nSPS) is 23.6. The first kappa shape index (κ1) is 14.0. The van der Waals surface area contributed by atoms with E-state index in [4.69, 9.17) is 5.11 Å². The summed E-state index contributed by atoms with van der Waals surface area (Å²) >= 11 is 1.08. The average Bonchev–Trinajstić information content (AvgIpc) is 2.78. The molecular formula is C13H18N2O3S. The third-order valence-corrected chi connectivity index (χ3v) is 4.44. The maximum atomic E-state index is 12.1. The SMILES string of the molecule is CC1CCCCCC1NC(=O)c1nc(C(=O)O)cs1. The highest BCUT2D eigenvalue weighted by atomic mass is 32.1. The van der Waals surface area contributed by atoms with Crippen molar-refractivity contribution >= 4 is 23.2 Å². The van der Waals surface area contributed by atoms with Crippen molar-refractivity contribution in [3.63, 3.8) is 0 Å². The van der Waals surface area contributed by atoms with Gasteiger partial charge in [0.15, 0.2) is 10.7 Å². The molecular weight excluding hydrogens is 264 g/mol. The first-order valence-electron chi connectivity index (χ1n) is 6.57. The highest BCUT2D eigenvalue weighted by molar-refractivity contribution is 7.11. The van der Waals surface area contributed by atoms with Crippen LogP contribution in [0.2, 0.25) is 0 Å². The molecule has 1 aromatic rings. The van der Waals surface area contributed by atoms with Crippen LogP contribution in [0.25, 0.3) is 0 Å². The van der Waals surface area contributed by atoms with Crippen LogP contribution in [0.1, 0.15) is 59.3 Å². The number of nitrogens with one attached hydrogen (secondary N) is 1. The lowest BCUT2D eigenvalue weighted by Gasteiger charge is -2.22. The van der Waals surface area contributed by atoms with Crippen LogP contribution in [-0.4, -0.2) is 28.0 Å². The minimum absolute atomic E-state index is 0.0657. The van der Waals surface area contributed by atoms with E-state index >= 15 is 0 Å². The van der Waals surface area contributed by atoms with Crippen molar-refractivity contribution in [2.24, 2.45) is 5.92 Å². The summed E-state index contributed by atoms with van der Waals surface area (Å²) in [6.45, 7) is 2.15. The molecule has 104 valence electrons. The van der Waals surface area contributed by atoms with Crippen molar-refractivity contribution in [1.82, 2.24) is 10.3 Å². The van der Waals surface area contributed by atoms with Gasteiger partial charge in [0.1, 0.15) is 0 Å². The first-order chi connectivity index (χ1) is 9.08. The number of carboxylic acid groups (broad SMARTS) is 1. The molecule has 19 heavy (non-hydrogen) atoms. The van der Waals surface area contributed by atoms with E-state index in [1.807, 2.05) is 0 Å². The standard InChI is InChI=1S/C13H18N2O3S/c1-8-5-3-2-4-6-9(8)14-11(16)12-15-10(7-19-12)13(17)18/h7-9H,2-6H2,1H3,(H,14,16)(H,17,18). The van der Waals surface area contributed by atoms with Crippen molar-refractivity contribution in [2.45, 2.75) is 45.1 Å². The molecule has 0 spiro atoms. The number of hydrogen-bond donors (Lipinski definition) is 2. The smallest absolute Gasteiger partial charge is 0.355 e. The molecule has 0 saturated heterocycles. The Morgan fingerprint density at radius 1 is 1.37 bits per heavy atom. The maximum absolute atomic E-state index is 12.1. The van der Waals surface area contributed by atoms with Crippen LogP contribution in [-0.2, 0) is 0 Å². The quantitative estimate of drug-likeness (QED) is 0.835. The van der Waals surface area contributed by atoms with Crippen LogP contribution in [0.15, 0.2) is 5.38 Å². The molecule has 1 aliphatic carbocycles. The summed E-state index contributed by atoms with van der Waals surface area (Å²) < 4.78 is 0. The molecule has 1 saturated carbocycles. The van der Waals surface area contributed by atoms with E-state index in [1.165, 1.54) is 18.2 Å². The Balaban J connectivity index is 2.00. The molecule has 0 bridgehead atoms. The van der Waals surface area contributed by atoms with Crippen molar-refractivity contribution < 1.29 is 14.7 Å². The van der Waals surface area contributed by atoms with Crippen LogP contribution >= 0.6 is 11.3 Å². The Kier molecular flexibility index (Phi) is 4.52. The number of carbonyl (C=O) groups excluding carboxylic acids is 1. The first-order valence-corrected chi connectivity index (χ1v) is 7.45. The molecule has 2 N–H and O–H groups in total. The van der Waals surface area contributed by atoms with E-state index in [2.05, 4.69) is 17.2 Å². The second-order valence-electron chi connectivity index (χ2n) is 5.04. The van der Waals surface area contributed by atoms with Gasteiger partial charge in [-0.05, 0) is 18.8 Å². The van der Waals surface area contributed by atoms with Gasteiger partial charge in [0.05, 0.1) is 0 Å². The predicted octanol–water partition coefficient (Wildman–Crippen LogP) is 2.54. The Bertz CT molecular complexity index is 472. The number of nitrogens with zero attached hydrogens (tertiary/aromatic N) is 1. The van der Waals surface area contributed by atoms with Crippen molar-refractivity contribution in [1.29, 1.82) is 0 Å². The van der Waals surface area contributed by atoms with E-state index < -0.39 is 5.97 Å². The second kappa shape index (κ2) is 6.14. The molecule has 2 unspecified atom stereocenters. The highest BCUT2D eigenvalue weighted by Gasteiger charge is 2.23. The van der Waals surface area contributed by atoms with Gasteiger partial charge in [-0.3, -0.25) is 4.79 Å². The Morgan fingerprint density at radius 2 is 2.11 bits per heavy atom. The lowest BCUT2D eigenvalue weighted by Crippen LogP contribution is -2.38. The number of rotatable bonds is 3. The van der Waals surface area contributed by atoms with Gasteiger partial charge in [-0.25, -0.2) is 9.78 Å². The number of thiazole rings is 1. The van der Waals surface area contributed by atoms with Crippen LogP contribution in [0.4, 0.5) is 0 Å². The third kappa shape index (κ3) is 3.53. The van der Waals surface area contributed by atoms with Gasteiger partial charge < -0.3 is 10.4 Å². The maximum Gasteiger partial charge on any atom is 0.355 e. The molecule has 1 aromatic heterocycles. The van der Waals surface area contributed by atoms with Crippen molar-refractivity contribution in [2.75, 3.05) is 0 Å². The fourth-order valence-electron chi connectivity index (χ4n) is 2.41. The second-order valence-corrected chi connectivity index (χ2v) is 5.90. The van der Waals surface area contributed by atoms with Crippen LogP contribution in [0.3, 0.4) is 0 Å². The monoisotopic (exact) mass is 282 g/mol. The van der Waals surface area contributed by atoms with Crippen LogP contribution < -0.4 is 5.32 Å². The lowest BCUT2D eigenvalue weighted by molar-refractivity contribution is 0.0691. The summed E-state index contributed by atoms with van der Waals surface area (Å²) in [5.74, 6) is -0.889. The van der Waals surface area contributed by atoms with Crippen molar-refractivity contribution in [3.8, 4) is 0 Å². The molecule has 2 atom stereocenters. The number of aromatic nitrogens is 1. The summed E-state index contributed by atoms with van der Waals surface area (Å²) in [7, 11) is 0. The number of carbonyl (C=O) groups is 2. The third-order valence-electron chi connectivity index (χ3n) is 3.60. The van der Waals surface area contributed by atoms with Gasteiger partial charge in [-0.1, -0.05) is 26.2 Å². The molecule has 0 radical (unpaired) electrons. The molecule has 1 heterocycles. The fourth-order valence-corrected chi connectivity index (χ4v) is 3.11. The zero-order valence-corrected chi connectivity index (χ0v) is 11.7. The van der Waals surface area contributed by atoms with Crippen LogP contribution in [0.5, 0.6) is 0 Å². The molecule has 0 aromatic carbocycles. The van der Waals surface area contributed by atoms with Gasteiger partial charge >= 0.3 is 5.97 Å². The molecule has 2 rings (SSSR count). The zero-order chi connectivity index (χ0) is 13.8. The van der Waals surface area contributed by atoms with Gasteiger partial charge in [0, 0.05) is 11.4 Å². The van der Waals surface area contributed by atoms with E-state index in [0.29, 0.717) is 5.92 Å². The van der Waals surface area contributed by atoms with Crippen LogP contribution in [0, 0.1) is 5.92 Å². The number of aromatic carboxylic acids is 1. The Hall–Kier alpha value is -1.43. The molecule has 1 fully saturated rings. The topological polar surface area (TPSA) is 79.3 Å². The van der Waals surface area contributed by atoms with Gasteiger partial charge in [-0.2, -0.15) is 0 Å². The molecule has 5 nitrogen and oxygen atoms in total. The van der Waals surface area contributed by atoms with Gasteiger partial charge in [0.2, 0.25) is 0 Å². The largest absolute Gasteiger partial charge is 0.476 e. The summed E-state index contributed by atoms with van der Waals surface area (Å²) in [5.41, 5.74) is -0.0657. The summed E-state index contributed by atoms with van der Waals surface area (Å²) in [4.78, 5) is 26.6. The minimum atomic E-state index is -1.10. The summed E-state index contributed by atoms with van der Waals surface area (Å²) in [5, 5.41) is 13.4. The molecule has 6 heteroatoms. The minimum Gasteiger partial charge on any atom is -0.476 e. The van der Waals surface area contributed by atoms with E-state index in [9.17, 15) is 9.59 Å². The van der Waals surface area contributed by atoms with E-state index in [1.54, 1.807) is 0 Å². The number of hydrogen-bond acceptors (Lipinski definition) is 4. The molecule has 1 aliphatic rings. The Morgan fingerprint density at radius 3 is 2.79 bits per heavy atom. The van der Waals surface area contributed by atoms with Gasteiger partial charge in [-0.15, -0.1) is 11.3 Å². The number of amides is 1. The fraction of sp³-hybridized carbons (Fsp3) is 0.615. The lowest BCUT2D eigenvalue weighted by atomic mass is 9.97. The zero-order valence-electron chi connectivity index (χ0n) is 10.9. The predicted molar refractivity (Wildman–Crippen MR) is 72.6 cm³/mol. The number of carboxylic acids is 1. The van der Waals surface area contributed by atoms with Crippen molar-refractivity contribution in [3.05, 3.63) is 16.1 Å². The van der Waals surface area contributed by atoms with E-state index in [0.717, 1.165) is 30.6 Å².